The highest BCUT2D eigenvalue weighted by molar-refractivity contribution is 8.22. The summed E-state index contributed by atoms with van der Waals surface area (Å²) in [7, 11) is 0. The van der Waals surface area contributed by atoms with Gasteiger partial charge in [-0.1, -0.05) is 66.7 Å². The monoisotopic (exact) mass is 478 g/mol. The van der Waals surface area contributed by atoms with Crippen LogP contribution in [0.2, 0.25) is 0 Å². The number of thiol groups is 1. The molecule has 1 aliphatic heterocycles. The van der Waals surface area contributed by atoms with E-state index in [-0.39, 0.29) is 0 Å². The van der Waals surface area contributed by atoms with Crippen molar-refractivity contribution < 1.29 is 0 Å². The zero-order valence-corrected chi connectivity index (χ0v) is 20.8. The van der Waals surface area contributed by atoms with E-state index in [0.717, 1.165) is 43.2 Å². The van der Waals surface area contributed by atoms with Crippen molar-refractivity contribution in [2.45, 2.75) is 19.4 Å². The first-order chi connectivity index (χ1) is 15.8. The van der Waals surface area contributed by atoms with E-state index in [0.29, 0.717) is 0 Å². The second-order valence-corrected chi connectivity index (χ2v) is 10.6. The molecule has 0 bridgehead atoms. The molecular formula is C27H30N2S3. The number of para-hydroxylation sites is 2. The lowest BCUT2D eigenvalue weighted by Crippen LogP contribution is -2.23. The van der Waals surface area contributed by atoms with Crippen molar-refractivity contribution in [1.29, 1.82) is 0 Å². The smallest absolute Gasteiger partial charge is 0.0494 e. The van der Waals surface area contributed by atoms with E-state index < -0.39 is 0 Å². The quantitative estimate of drug-likeness (QED) is 0.238. The maximum Gasteiger partial charge on any atom is 0.0494 e. The van der Waals surface area contributed by atoms with Gasteiger partial charge in [0.25, 0.3) is 0 Å². The van der Waals surface area contributed by atoms with Crippen LogP contribution in [-0.4, -0.2) is 23.8 Å². The normalized spacial score (nSPS) is 12.4. The van der Waals surface area contributed by atoms with Crippen LogP contribution in [0.3, 0.4) is 0 Å². The molecule has 1 aliphatic rings. The summed E-state index contributed by atoms with van der Waals surface area (Å²) in [5, 5.41) is 0. The van der Waals surface area contributed by atoms with Crippen molar-refractivity contribution in [3.63, 3.8) is 0 Å². The minimum Gasteiger partial charge on any atom is -0.336 e. The molecule has 2 N–H and O–H groups in total. The van der Waals surface area contributed by atoms with Crippen molar-refractivity contribution in [3.8, 4) is 0 Å². The van der Waals surface area contributed by atoms with Gasteiger partial charge in [0, 0.05) is 38.9 Å². The summed E-state index contributed by atoms with van der Waals surface area (Å²) in [6.07, 6.45) is 2.13. The zero-order chi connectivity index (χ0) is 22.2. The van der Waals surface area contributed by atoms with E-state index in [1.807, 2.05) is 23.5 Å². The first-order valence-electron chi connectivity index (χ1n) is 11.1. The van der Waals surface area contributed by atoms with Gasteiger partial charge in [0.1, 0.15) is 0 Å². The first-order valence-corrected chi connectivity index (χ1v) is 13.7. The standard InChI is InChI=1S/C27H30N2S3/c28-16-8-18-31-27(32-19-9-17-30)26-22-12-4-6-14-24(22)29(20-21-10-2-1-3-11-21)25-15-7-5-13-23(25)26/h1-7,10-15,30H,8-9,16-20,28H2. The molecular weight excluding hydrogens is 449 g/mol. The Morgan fingerprint density at radius 3 is 1.91 bits per heavy atom. The van der Waals surface area contributed by atoms with Gasteiger partial charge in [-0.15, -0.1) is 23.5 Å². The Bertz CT molecular complexity index is 988. The Balaban J connectivity index is 1.83. The number of nitrogens with zero attached hydrogens (tertiary/aromatic N) is 1. The average Bonchev–Trinajstić information content (AvgIpc) is 2.84. The first kappa shape index (κ1) is 23.4. The molecule has 32 heavy (non-hydrogen) atoms. The molecule has 1 heterocycles. The summed E-state index contributed by atoms with van der Waals surface area (Å²) in [6.45, 7) is 1.58. The van der Waals surface area contributed by atoms with Gasteiger partial charge in [0.2, 0.25) is 0 Å². The maximum atomic E-state index is 5.81. The van der Waals surface area contributed by atoms with Crippen LogP contribution < -0.4 is 10.6 Å². The minimum atomic E-state index is 0.731. The Morgan fingerprint density at radius 2 is 1.31 bits per heavy atom. The van der Waals surface area contributed by atoms with Crippen LogP contribution in [0.4, 0.5) is 11.4 Å². The largest absolute Gasteiger partial charge is 0.336 e. The van der Waals surface area contributed by atoms with Gasteiger partial charge in [-0.25, -0.2) is 0 Å². The second-order valence-electron chi connectivity index (χ2n) is 7.68. The van der Waals surface area contributed by atoms with E-state index >= 15 is 0 Å². The molecule has 2 nitrogen and oxygen atoms in total. The number of fused-ring (bicyclic) bond motifs is 2. The predicted octanol–water partition coefficient (Wildman–Crippen LogP) is 7.19. The Morgan fingerprint density at radius 1 is 0.750 bits per heavy atom. The Hall–Kier alpha value is -1.79. The lowest BCUT2D eigenvalue weighted by Gasteiger charge is -2.35. The number of hydrogen-bond acceptors (Lipinski definition) is 5. The zero-order valence-electron chi connectivity index (χ0n) is 18.2. The molecule has 0 saturated carbocycles. The molecule has 0 radical (unpaired) electrons. The maximum absolute atomic E-state index is 5.81. The van der Waals surface area contributed by atoms with Gasteiger partial charge in [0.15, 0.2) is 0 Å². The van der Waals surface area contributed by atoms with E-state index in [2.05, 4.69) is 96.4 Å². The fraction of sp³-hybridized carbons (Fsp3) is 0.259. The van der Waals surface area contributed by atoms with Crippen LogP contribution in [0.25, 0.3) is 5.57 Å². The second kappa shape index (κ2) is 11.9. The fourth-order valence-corrected chi connectivity index (χ4v) is 6.84. The SMILES string of the molecule is NCCCSC(SCCCS)=C1c2ccccc2N(Cc2ccccc2)c2ccccc21. The van der Waals surface area contributed by atoms with Crippen molar-refractivity contribution in [2.24, 2.45) is 5.73 Å². The summed E-state index contributed by atoms with van der Waals surface area (Å²) >= 11 is 8.35. The highest BCUT2D eigenvalue weighted by atomic mass is 32.2. The third-order valence-electron chi connectivity index (χ3n) is 5.43. The molecule has 0 fully saturated rings. The lowest BCUT2D eigenvalue weighted by atomic mass is 9.91. The van der Waals surface area contributed by atoms with Crippen LogP contribution in [-0.2, 0) is 6.54 Å². The van der Waals surface area contributed by atoms with Crippen LogP contribution in [0.15, 0.2) is 83.1 Å². The fourth-order valence-electron chi connectivity index (χ4n) is 3.94. The molecule has 3 aromatic rings. The predicted molar refractivity (Wildman–Crippen MR) is 148 cm³/mol. The van der Waals surface area contributed by atoms with Gasteiger partial charge in [0.05, 0.1) is 0 Å². The number of hydrogen-bond donors (Lipinski definition) is 2. The van der Waals surface area contributed by atoms with Crippen molar-refractivity contribution >= 4 is 53.1 Å². The van der Waals surface area contributed by atoms with E-state index in [4.69, 9.17) is 5.73 Å². The Kier molecular flexibility index (Phi) is 8.69. The summed E-state index contributed by atoms with van der Waals surface area (Å²) in [5.41, 5.74) is 13.7. The minimum absolute atomic E-state index is 0.731. The van der Waals surface area contributed by atoms with Crippen LogP contribution in [0, 0.1) is 0 Å². The average molecular weight is 479 g/mol. The lowest BCUT2D eigenvalue weighted by molar-refractivity contribution is 0.945. The molecule has 0 atom stereocenters. The molecule has 4 rings (SSSR count). The molecule has 0 saturated heterocycles. The van der Waals surface area contributed by atoms with Gasteiger partial charge < -0.3 is 10.6 Å². The number of thioether (sulfide) groups is 2. The highest BCUT2D eigenvalue weighted by Gasteiger charge is 2.28. The van der Waals surface area contributed by atoms with Crippen molar-refractivity contribution in [2.75, 3.05) is 28.7 Å². The summed E-state index contributed by atoms with van der Waals surface area (Å²) in [6, 6.07) is 28.4. The molecule has 5 heteroatoms. The van der Waals surface area contributed by atoms with Crippen LogP contribution in [0.1, 0.15) is 29.5 Å². The highest BCUT2D eigenvalue weighted by Crippen LogP contribution is 2.50. The van der Waals surface area contributed by atoms with Gasteiger partial charge in [-0.05, 0) is 54.3 Å². The van der Waals surface area contributed by atoms with E-state index in [9.17, 15) is 0 Å². The summed E-state index contributed by atoms with van der Waals surface area (Å²) in [5.74, 6) is 3.04. The van der Waals surface area contributed by atoms with Gasteiger partial charge >= 0.3 is 0 Å². The van der Waals surface area contributed by atoms with Crippen LogP contribution in [0.5, 0.6) is 0 Å². The van der Waals surface area contributed by atoms with Crippen molar-refractivity contribution in [3.05, 3.63) is 99.8 Å². The summed E-state index contributed by atoms with van der Waals surface area (Å²) < 4.78 is 1.40. The third-order valence-corrected chi connectivity index (χ3v) is 8.37. The summed E-state index contributed by atoms with van der Waals surface area (Å²) in [4.78, 5) is 2.46. The number of nitrogens with two attached hydrogens (primary N) is 1. The van der Waals surface area contributed by atoms with E-state index in [1.54, 1.807) is 0 Å². The topological polar surface area (TPSA) is 29.3 Å². The Labute approximate surface area is 206 Å². The number of anilines is 2. The van der Waals surface area contributed by atoms with Crippen LogP contribution >= 0.6 is 36.2 Å². The molecule has 0 aliphatic carbocycles. The van der Waals surface area contributed by atoms with Gasteiger partial charge in [-0.2, -0.15) is 12.6 Å². The molecule has 0 amide bonds. The third kappa shape index (κ3) is 5.40. The number of benzene rings is 3. The number of rotatable bonds is 10. The molecule has 0 aromatic heterocycles. The molecule has 3 aromatic carbocycles. The molecule has 0 unspecified atom stereocenters. The molecule has 166 valence electrons. The van der Waals surface area contributed by atoms with Gasteiger partial charge in [-0.3, -0.25) is 0 Å². The van der Waals surface area contributed by atoms with Crippen molar-refractivity contribution in [1.82, 2.24) is 0 Å². The van der Waals surface area contributed by atoms with E-state index in [1.165, 1.54) is 37.9 Å². The molecule has 0 spiro atoms.